The minimum atomic E-state index is -1.20. The van der Waals surface area contributed by atoms with Crippen LogP contribution in [0.1, 0.15) is 42.2 Å². The lowest BCUT2D eigenvalue weighted by Crippen LogP contribution is -2.53. The molecular weight excluding hydrogens is 421 g/mol. The zero-order chi connectivity index (χ0) is 23.1. The van der Waals surface area contributed by atoms with E-state index in [1.165, 1.54) is 44.0 Å². The molecule has 1 aliphatic carbocycles. The maximum absolute atomic E-state index is 13.8. The second-order valence-corrected chi connectivity index (χ2v) is 7.49. The van der Waals surface area contributed by atoms with Gasteiger partial charge in [0.2, 0.25) is 0 Å². The fraction of sp³-hybridized carbons (Fsp3) is 0.400. The van der Waals surface area contributed by atoms with Crippen LogP contribution in [-0.4, -0.2) is 29.8 Å². The third-order valence-electron chi connectivity index (χ3n) is 4.63. The SMILES string of the molecule is C=O.CNNC1(C)CCC1.Cc1cn(C)c(C(=O)Nc2cc(F)c(F)c(Cl)c2)c1F. The van der Waals surface area contributed by atoms with Gasteiger partial charge in [-0.05, 0) is 46.2 Å². The summed E-state index contributed by atoms with van der Waals surface area (Å²) in [5.41, 5.74) is 6.62. The molecule has 1 amide bonds. The number of rotatable bonds is 4. The average molecular weight is 447 g/mol. The number of hydrazine groups is 1. The molecule has 0 atom stereocenters. The Balaban J connectivity index is 0.000000375. The van der Waals surface area contributed by atoms with Crippen molar-refractivity contribution in [2.24, 2.45) is 7.05 Å². The summed E-state index contributed by atoms with van der Waals surface area (Å²) < 4.78 is 41.2. The first-order chi connectivity index (χ1) is 14.1. The molecule has 3 rings (SSSR count). The molecule has 1 aliphatic rings. The predicted molar refractivity (Wildman–Crippen MR) is 111 cm³/mol. The molecule has 3 N–H and O–H groups in total. The van der Waals surface area contributed by atoms with Crippen LogP contribution in [0.2, 0.25) is 5.02 Å². The average Bonchev–Trinajstić information content (AvgIpc) is 2.92. The van der Waals surface area contributed by atoms with E-state index in [-0.39, 0.29) is 11.4 Å². The van der Waals surface area contributed by atoms with E-state index in [0.29, 0.717) is 11.1 Å². The molecule has 0 bridgehead atoms. The number of hydrogen-bond donors (Lipinski definition) is 3. The maximum Gasteiger partial charge on any atom is 0.275 e. The third kappa shape index (κ3) is 6.32. The van der Waals surface area contributed by atoms with E-state index in [2.05, 4.69) is 23.1 Å². The largest absolute Gasteiger partial charge is 0.344 e. The summed E-state index contributed by atoms with van der Waals surface area (Å²) in [4.78, 5) is 19.9. The quantitative estimate of drug-likeness (QED) is 0.487. The molecule has 0 saturated heterocycles. The maximum atomic E-state index is 13.8. The lowest BCUT2D eigenvalue weighted by Gasteiger charge is -2.38. The van der Waals surface area contributed by atoms with Gasteiger partial charge in [0, 0.05) is 36.1 Å². The number of anilines is 1. The van der Waals surface area contributed by atoms with Crippen molar-refractivity contribution in [1.29, 1.82) is 0 Å². The van der Waals surface area contributed by atoms with Crippen molar-refractivity contribution in [2.45, 2.75) is 38.6 Å². The van der Waals surface area contributed by atoms with Crippen molar-refractivity contribution in [1.82, 2.24) is 15.4 Å². The highest BCUT2D eigenvalue weighted by molar-refractivity contribution is 6.31. The normalized spacial score (nSPS) is 13.9. The Bertz CT molecular complexity index is 862. The zero-order valence-corrected chi connectivity index (χ0v) is 18.1. The highest BCUT2D eigenvalue weighted by Gasteiger charge is 2.30. The molecule has 1 heterocycles. The van der Waals surface area contributed by atoms with Crippen molar-refractivity contribution in [3.05, 3.63) is 52.1 Å². The van der Waals surface area contributed by atoms with E-state index in [0.717, 1.165) is 12.1 Å². The number of carbonyl (C=O) groups is 2. The Morgan fingerprint density at radius 3 is 2.17 bits per heavy atom. The second kappa shape index (κ2) is 11.1. The van der Waals surface area contributed by atoms with E-state index in [1.54, 1.807) is 0 Å². The molecule has 0 radical (unpaired) electrons. The predicted octanol–water partition coefficient (Wildman–Crippen LogP) is 4.12. The van der Waals surface area contributed by atoms with Crippen LogP contribution < -0.4 is 16.2 Å². The fourth-order valence-corrected chi connectivity index (χ4v) is 3.17. The van der Waals surface area contributed by atoms with Gasteiger partial charge in [0.15, 0.2) is 17.5 Å². The van der Waals surface area contributed by atoms with E-state index in [9.17, 15) is 18.0 Å². The first-order valence-corrected chi connectivity index (χ1v) is 9.46. The molecule has 0 unspecified atom stereocenters. The van der Waals surface area contributed by atoms with E-state index >= 15 is 0 Å². The minimum Gasteiger partial charge on any atom is -0.344 e. The van der Waals surface area contributed by atoms with Crippen molar-refractivity contribution >= 4 is 30.0 Å². The number of nitrogens with zero attached hydrogens (tertiary/aromatic N) is 1. The summed E-state index contributed by atoms with van der Waals surface area (Å²) >= 11 is 5.47. The van der Waals surface area contributed by atoms with Crippen LogP contribution >= 0.6 is 11.6 Å². The first kappa shape index (κ1) is 25.7. The number of amides is 1. The molecular formula is C20H26ClF3N4O2. The van der Waals surface area contributed by atoms with Crippen molar-refractivity contribution in [3.63, 3.8) is 0 Å². The van der Waals surface area contributed by atoms with Crippen LogP contribution in [0.3, 0.4) is 0 Å². The fourth-order valence-electron chi connectivity index (χ4n) is 2.97. The lowest BCUT2D eigenvalue weighted by molar-refractivity contribution is -0.0980. The monoisotopic (exact) mass is 446 g/mol. The summed E-state index contributed by atoms with van der Waals surface area (Å²) in [6, 6.07) is 1.82. The van der Waals surface area contributed by atoms with Gasteiger partial charge in [0.1, 0.15) is 12.5 Å². The van der Waals surface area contributed by atoms with Gasteiger partial charge < -0.3 is 14.7 Å². The van der Waals surface area contributed by atoms with E-state index in [1.807, 2.05) is 13.8 Å². The number of aryl methyl sites for hydroxylation is 2. The smallest absolute Gasteiger partial charge is 0.275 e. The van der Waals surface area contributed by atoms with Crippen LogP contribution in [0, 0.1) is 24.4 Å². The van der Waals surface area contributed by atoms with Gasteiger partial charge in [-0.15, -0.1) is 0 Å². The summed E-state index contributed by atoms with van der Waals surface area (Å²) in [5, 5.41) is 1.80. The molecule has 6 nitrogen and oxygen atoms in total. The Hall–Kier alpha value is -2.36. The van der Waals surface area contributed by atoms with Gasteiger partial charge >= 0.3 is 0 Å². The number of nitrogens with one attached hydrogen (secondary N) is 3. The molecule has 0 spiro atoms. The van der Waals surface area contributed by atoms with Crippen LogP contribution in [-0.2, 0) is 11.8 Å². The number of aromatic nitrogens is 1. The Morgan fingerprint density at radius 1 is 1.20 bits per heavy atom. The molecule has 1 aromatic carbocycles. The topological polar surface area (TPSA) is 75.2 Å². The number of carbonyl (C=O) groups excluding carboxylic acids is 2. The molecule has 1 saturated carbocycles. The lowest BCUT2D eigenvalue weighted by atomic mass is 9.79. The van der Waals surface area contributed by atoms with Gasteiger partial charge in [-0.25, -0.2) is 13.2 Å². The van der Waals surface area contributed by atoms with Crippen LogP contribution in [0.5, 0.6) is 0 Å². The second-order valence-electron chi connectivity index (χ2n) is 7.08. The highest BCUT2D eigenvalue weighted by Crippen LogP contribution is 2.29. The van der Waals surface area contributed by atoms with Crippen LogP contribution in [0.4, 0.5) is 18.9 Å². The summed E-state index contributed by atoms with van der Waals surface area (Å²) in [7, 11) is 3.42. The molecule has 10 heteroatoms. The Labute approximate surface area is 178 Å². The molecule has 0 aliphatic heterocycles. The summed E-state index contributed by atoms with van der Waals surface area (Å²) in [6.07, 6.45) is 5.45. The van der Waals surface area contributed by atoms with Crippen molar-refractivity contribution in [3.8, 4) is 0 Å². The minimum absolute atomic E-state index is 0.0582. The zero-order valence-electron chi connectivity index (χ0n) is 17.3. The van der Waals surface area contributed by atoms with E-state index < -0.39 is 28.4 Å². The van der Waals surface area contributed by atoms with Crippen LogP contribution in [0.25, 0.3) is 0 Å². The summed E-state index contributed by atoms with van der Waals surface area (Å²) in [5.74, 6) is -3.85. The molecule has 166 valence electrons. The van der Waals surface area contributed by atoms with E-state index in [4.69, 9.17) is 16.4 Å². The van der Waals surface area contributed by atoms with Crippen molar-refractivity contribution in [2.75, 3.05) is 12.4 Å². The summed E-state index contributed by atoms with van der Waals surface area (Å²) in [6.45, 7) is 5.76. The number of benzene rings is 1. The Kier molecular flexibility index (Phi) is 9.54. The standard InChI is InChI=1S/C13H10ClF3N2O.C6H14N2.CH2O/c1-6-5-19(2)12(10(6)16)13(20)18-7-3-8(14)11(17)9(15)4-7;1-6(8-7-2)4-3-5-6;1-2/h3-5H,1-2H3,(H,18,20);7-8H,3-5H2,1-2H3;1H2. The van der Waals surface area contributed by atoms with Crippen LogP contribution in [0.15, 0.2) is 18.3 Å². The number of hydrogen-bond acceptors (Lipinski definition) is 4. The van der Waals surface area contributed by atoms with Gasteiger partial charge in [0.05, 0.1) is 5.02 Å². The first-order valence-electron chi connectivity index (χ1n) is 9.08. The Morgan fingerprint density at radius 2 is 1.80 bits per heavy atom. The van der Waals surface area contributed by atoms with Gasteiger partial charge in [-0.2, -0.15) is 0 Å². The molecule has 1 fully saturated rings. The number of halogens is 4. The van der Waals surface area contributed by atoms with Crippen molar-refractivity contribution < 1.29 is 22.8 Å². The van der Waals surface area contributed by atoms with Gasteiger partial charge in [-0.1, -0.05) is 11.6 Å². The van der Waals surface area contributed by atoms with Gasteiger partial charge in [-0.3, -0.25) is 15.6 Å². The molecule has 1 aromatic heterocycles. The molecule has 30 heavy (non-hydrogen) atoms. The van der Waals surface area contributed by atoms with Gasteiger partial charge in [0.25, 0.3) is 5.91 Å². The molecule has 2 aromatic rings. The third-order valence-corrected chi connectivity index (χ3v) is 4.91. The highest BCUT2D eigenvalue weighted by atomic mass is 35.5.